The van der Waals surface area contributed by atoms with E-state index in [1.807, 2.05) is 31.2 Å². The fourth-order valence-electron chi connectivity index (χ4n) is 1.65. The Labute approximate surface area is 93.7 Å². The predicted octanol–water partition coefficient (Wildman–Crippen LogP) is 3.04. The number of rotatable bonds is 2. The summed E-state index contributed by atoms with van der Waals surface area (Å²) in [5.41, 5.74) is 2.84. The maximum Gasteiger partial charge on any atom is 0.374 e. The van der Waals surface area contributed by atoms with Crippen molar-refractivity contribution in [1.29, 1.82) is 0 Å². The van der Waals surface area contributed by atoms with Crippen LogP contribution in [0.2, 0.25) is 0 Å². The average molecular weight is 216 g/mol. The molecule has 82 valence electrons. The molecule has 1 aromatic heterocycles. The van der Waals surface area contributed by atoms with Crippen LogP contribution in [0.4, 0.5) is 0 Å². The quantitative estimate of drug-likeness (QED) is 0.724. The first-order valence-electron chi connectivity index (χ1n) is 4.96. The van der Waals surface area contributed by atoms with E-state index < -0.39 is 5.97 Å². The van der Waals surface area contributed by atoms with Crippen molar-refractivity contribution in [2.24, 2.45) is 0 Å². The third-order valence-electron chi connectivity index (χ3n) is 2.47. The summed E-state index contributed by atoms with van der Waals surface area (Å²) in [4.78, 5) is 11.5. The highest BCUT2D eigenvalue weighted by atomic mass is 16.5. The van der Waals surface area contributed by atoms with Crippen LogP contribution in [0.5, 0.6) is 0 Å². The minimum absolute atomic E-state index is 0.247. The summed E-state index contributed by atoms with van der Waals surface area (Å²) in [5.74, 6) is -0.208. The molecule has 1 heterocycles. The molecule has 0 aliphatic rings. The van der Waals surface area contributed by atoms with Crippen LogP contribution in [-0.2, 0) is 4.74 Å². The molecular weight excluding hydrogens is 204 g/mol. The lowest BCUT2D eigenvalue weighted by atomic mass is 10.0. The van der Waals surface area contributed by atoms with Gasteiger partial charge in [-0.3, -0.25) is 0 Å². The van der Waals surface area contributed by atoms with Crippen molar-refractivity contribution in [1.82, 2.24) is 0 Å². The normalized spacial score (nSPS) is 10.1. The first kappa shape index (κ1) is 10.5. The Hall–Kier alpha value is -2.03. The summed E-state index contributed by atoms with van der Waals surface area (Å²) < 4.78 is 9.82. The fourth-order valence-corrected chi connectivity index (χ4v) is 1.65. The highest BCUT2D eigenvalue weighted by Gasteiger charge is 2.17. The Balaban J connectivity index is 2.53. The monoisotopic (exact) mass is 216 g/mol. The van der Waals surface area contributed by atoms with Crippen molar-refractivity contribution in [3.8, 4) is 11.1 Å². The molecule has 0 saturated carbocycles. The van der Waals surface area contributed by atoms with Gasteiger partial charge in [0.15, 0.2) is 0 Å². The number of carbonyl (C=O) groups excluding carboxylic acids is 1. The third-order valence-corrected chi connectivity index (χ3v) is 2.47. The molecule has 0 atom stereocenters. The third kappa shape index (κ3) is 1.72. The zero-order chi connectivity index (χ0) is 11.5. The summed E-state index contributed by atoms with van der Waals surface area (Å²) in [7, 11) is 1.34. The van der Waals surface area contributed by atoms with Crippen LogP contribution < -0.4 is 0 Å². The zero-order valence-electron chi connectivity index (χ0n) is 9.19. The molecule has 2 rings (SSSR count). The Kier molecular flexibility index (Phi) is 2.77. The Bertz CT molecular complexity index is 511. The number of methoxy groups -OCH3 is 1. The molecule has 16 heavy (non-hydrogen) atoms. The number of aryl methyl sites for hydroxylation is 1. The van der Waals surface area contributed by atoms with Crippen molar-refractivity contribution in [2.75, 3.05) is 7.11 Å². The Morgan fingerprint density at radius 3 is 2.62 bits per heavy atom. The molecule has 0 saturated heterocycles. The van der Waals surface area contributed by atoms with Gasteiger partial charge in [-0.15, -0.1) is 0 Å². The number of esters is 1. The van der Waals surface area contributed by atoms with Gasteiger partial charge in [-0.1, -0.05) is 24.3 Å². The van der Waals surface area contributed by atoms with E-state index in [9.17, 15) is 4.79 Å². The summed E-state index contributed by atoms with van der Waals surface area (Å²) in [6.07, 6.45) is 1.49. The molecule has 0 aliphatic carbocycles. The van der Waals surface area contributed by atoms with Gasteiger partial charge in [-0.25, -0.2) is 4.79 Å². The second kappa shape index (κ2) is 4.23. The van der Waals surface area contributed by atoms with Crippen molar-refractivity contribution >= 4 is 5.97 Å². The minimum atomic E-state index is -0.455. The van der Waals surface area contributed by atoms with Gasteiger partial charge in [0.2, 0.25) is 5.76 Å². The molecule has 0 radical (unpaired) electrons. The second-order valence-corrected chi connectivity index (χ2v) is 3.47. The van der Waals surface area contributed by atoms with Crippen molar-refractivity contribution < 1.29 is 13.9 Å². The Morgan fingerprint density at radius 1 is 1.19 bits per heavy atom. The number of benzene rings is 1. The van der Waals surface area contributed by atoms with Crippen LogP contribution in [-0.4, -0.2) is 13.1 Å². The molecule has 3 nitrogen and oxygen atoms in total. The van der Waals surface area contributed by atoms with Gasteiger partial charge in [0.1, 0.15) is 0 Å². The number of hydrogen-bond donors (Lipinski definition) is 0. The van der Waals surface area contributed by atoms with E-state index in [0.29, 0.717) is 0 Å². The summed E-state index contributed by atoms with van der Waals surface area (Å²) in [6.45, 7) is 1.99. The van der Waals surface area contributed by atoms with Gasteiger partial charge >= 0.3 is 5.97 Å². The van der Waals surface area contributed by atoms with E-state index in [4.69, 9.17) is 4.42 Å². The molecule has 0 unspecified atom stereocenters. The van der Waals surface area contributed by atoms with Crippen LogP contribution in [0.3, 0.4) is 0 Å². The van der Waals surface area contributed by atoms with Gasteiger partial charge in [-0.2, -0.15) is 0 Å². The van der Waals surface area contributed by atoms with Crippen LogP contribution in [0.25, 0.3) is 11.1 Å². The van der Waals surface area contributed by atoms with Crippen LogP contribution in [0, 0.1) is 6.92 Å². The molecule has 2 aromatic rings. The van der Waals surface area contributed by atoms with Gasteiger partial charge in [0.25, 0.3) is 0 Å². The molecule has 0 amide bonds. The fraction of sp³-hybridized carbons (Fsp3) is 0.154. The predicted molar refractivity (Wildman–Crippen MR) is 60.2 cm³/mol. The second-order valence-electron chi connectivity index (χ2n) is 3.47. The first-order chi connectivity index (χ1) is 7.74. The van der Waals surface area contributed by atoms with E-state index >= 15 is 0 Å². The van der Waals surface area contributed by atoms with Gasteiger partial charge < -0.3 is 9.15 Å². The SMILES string of the molecule is COC(=O)c1occc1-c1ccccc1C. The van der Waals surface area contributed by atoms with Crippen molar-refractivity contribution in [2.45, 2.75) is 6.92 Å². The molecule has 0 bridgehead atoms. The van der Waals surface area contributed by atoms with E-state index in [1.54, 1.807) is 6.07 Å². The van der Waals surface area contributed by atoms with Gasteiger partial charge in [-0.05, 0) is 24.1 Å². The highest BCUT2D eigenvalue weighted by Crippen LogP contribution is 2.27. The van der Waals surface area contributed by atoms with Crippen molar-refractivity contribution in [3.05, 3.63) is 47.9 Å². The van der Waals surface area contributed by atoms with Crippen LogP contribution in [0.15, 0.2) is 41.0 Å². The average Bonchev–Trinajstić information content (AvgIpc) is 2.77. The maximum atomic E-state index is 11.5. The number of ether oxygens (including phenoxy) is 1. The van der Waals surface area contributed by atoms with Crippen LogP contribution >= 0.6 is 0 Å². The molecule has 0 N–H and O–H groups in total. The minimum Gasteiger partial charge on any atom is -0.463 e. The highest BCUT2D eigenvalue weighted by molar-refractivity contribution is 5.94. The van der Waals surface area contributed by atoms with E-state index in [0.717, 1.165) is 16.7 Å². The summed E-state index contributed by atoms with van der Waals surface area (Å²) in [6, 6.07) is 9.59. The standard InChI is InChI=1S/C13H12O3/c1-9-5-3-4-6-10(9)11-7-8-16-12(11)13(14)15-2/h3-8H,1-2H3. The van der Waals surface area contributed by atoms with Gasteiger partial charge in [0.05, 0.1) is 13.4 Å². The van der Waals surface area contributed by atoms with E-state index in [-0.39, 0.29) is 5.76 Å². The lowest BCUT2D eigenvalue weighted by Crippen LogP contribution is -2.01. The van der Waals surface area contributed by atoms with Crippen LogP contribution in [0.1, 0.15) is 16.1 Å². The Morgan fingerprint density at radius 2 is 1.94 bits per heavy atom. The summed E-state index contributed by atoms with van der Waals surface area (Å²) in [5, 5.41) is 0. The maximum absolute atomic E-state index is 11.5. The van der Waals surface area contributed by atoms with E-state index in [2.05, 4.69) is 4.74 Å². The number of carbonyl (C=O) groups is 1. The van der Waals surface area contributed by atoms with Crippen molar-refractivity contribution in [3.63, 3.8) is 0 Å². The molecule has 3 heteroatoms. The smallest absolute Gasteiger partial charge is 0.374 e. The zero-order valence-corrected chi connectivity index (χ0v) is 9.19. The van der Waals surface area contributed by atoms with E-state index in [1.165, 1.54) is 13.4 Å². The number of furan rings is 1. The first-order valence-corrected chi connectivity index (χ1v) is 4.96. The largest absolute Gasteiger partial charge is 0.463 e. The molecule has 0 aliphatic heterocycles. The molecule has 0 spiro atoms. The molecule has 0 fully saturated rings. The molecular formula is C13H12O3. The van der Waals surface area contributed by atoms with Gasteiger partial charge in [0, 0.05) is 5.56 Å². The lowest BCUT2D eigenvalue weighted by Gasteiger charge is -2.04. The topological polar surface area (TPSA) is 39.4 Å². The number of hydrogen-bond acceptors (Lipinski definition) is 3. The lowest BCUT2D eigenvalue weighted by molar-refractivity contribution is 0.0566. The molecule has 1 aromatic carbocycles. The summed E-state index contributed by atoms with van der Waals surface area (Å²) >= 11 is 0.